The van der Waals surface area contributed by atoms with Crippen LogP contribution in [0.5, 0.6) is 11.5 Å². The van der Waals surface area contributed by atoms with Crippen LogP contribution in [0.25, 0.3) is 0 Å². The predicted molar refractivity (Wildman–Crippen MR) is 169 cm³/mol. The number of hydrogen-bond donors (Lipinski definition) is 2. The standard InChI is InChI=1S/C35H38N4O6/c1-21-5-12-25(13-6-21)38-30(40)18-16-27(31(38)23-9-17-28(44-3)29(19-23)45-4)32(41)36-20-22-7-14-26(15-8-22)39-33(42)35(2,24-10-11-24)37-34(39)43/h5-9,12-15,17,19,24,27,31H,10-11,16,18,20H2,1-4H3,(H,36,41)(H,37,43). The zero-order valence-corrected chi connectivity index (χ0v) is 26.0. The summed E-state index contributed by atoms with van der Waals surface area (Å²) < 4.78 is 11.0. The number of carbonyl (C=O) groups excluding carboxylic acids is 4. The first-order valence-electron chi connectivity index (χ1n) is 15.3. The molecule has 2 heterocycles. The zero-order valence-electron chi connectivity index (χ0n) is 26.0. The van der Waals surface area contributed by atoms with E-state index in [1.807, 2.05) is 43.3 Å². The van der Waals surface area contributed by atoms with Gasteiger partial charge in [-0.2, -0.15) is 0 Å². The molecule has 1 aliphatic carbocycles. The summed E-state index contributed by atoms with van der Waals surface area (Å²) in [5, 5.41) is 5.94. The summed E-state index contributed by atoms with van der Waals surface area (Å²) in [7, 11) is 3.12. The van der Waals surface area contributed by atoms with E-state index in [2.05, 4.69) is 10.6 Å². The largest absolute Gasteiger partial charge is 0.493 e. The van der Waals surface area contributed by atoms with Crippen LogP contribution in [0.1, 0.15) is 55.3 Å². The smallest absolute Gasteiger partial charge is 0.329 e. The molecule has 2 N–H and O–H groups in total. The maximum absolute atomic E-state index is 13.9. The molecule has 3 unspecified atom stereocenters. The molecule has 0 spiro atoms. The quantitative estimate of drug-likeness (QED) is 0.328. The van der Waals surface area contributed by atoms with Crippen LogP contribution in [-0.4, -0.2) is 43.5 Å². The summed E-state index contributed by atoms with van der Waals surface area (Å²) >= 11 is 0. The fourth-order valence-corrected chi connectivity index (χ4v) is 6.51. The van der Waals surface area contributed by atoms with Gasteiger partial charge < -0.3 is 25.0 Å². The number of hydrogen-bond acceptors (Lipinski definition) is 6. The molecule has 3 fully saturated rings. The molecular formula is C35H38N4O6. The predicted octanol–water partition coefficient (Wildman–Crippen LogP) is 5.04. The number of methoxy groups -OCH3 is 2. The van der Waals surface area contributed by atoms with Crippen LogP contribution < -0.4 is 29.9 Å². The van der Waals surface area contributed by atoms with Gasteiger partial charge in [0.05, 0.1) is 31.9 Å². The van der Waals surface area contributed by atoms with E-state index in [4.69, 9.17) is 9.47 Å². The topological polar surface area (TPSA) is 117 Å². The van der Waals surface area contributed by atoms with Crippen molar-refractivity contribution in [1.29, 1.82) is 0 Å². The minimum atomic E-state index is -0.859. The van der Waals surface area contributed by atoms with Crippen LogP contribution in [0.2, 0.25) is 0 Å². The highest BCUT2D eigenvalue weighted by Crippen LogP contribution is 2.44. The number of nitrogens with one attached hydrogen (secondary N) is 2. The second kappa shape index (κ2) is 11.9. The third-order valence-corrected chi connectivity index (χ3v) is 9.27. The zero-order chi connectivity index (χ0) is 31.9. The summed E-state index contributed by atoms with van der Waals surface area (Å²) in [5.74, 6) is 0.232. The first-order chi connectivity index (χ1) is 21.6. The number of piperidine rings is 1. The van der Waals surface area contributed by atoms with Crippen LogP contribution >= 0.6 is 0 Å². The molecule has 2 aliphatic heterocycles. The van der Waals surface area contributed by atoms with Crippen molar-refractivity contribution in [2.45, 2.75) is 57.7 Å². The van der Waals surface area contributed by atoms with Crippen LogP contribution in [-0.2, 0) is 20.9 Å². The van der Waals surface area contributed by atoms with Crippen LogP contribution in [0.3, 0.4) is 0 Å². The number of ether oxygens (including phenoxy) is 2. The number of imide groups is 1. The van der Waals surface area contributed by atoms with E-state index in [1.54, 1.807) is 56.4 Å². The molecule has 234 valence electrons. The highest BCUT2D eigenvalue weighted by Gasteiger charge is 2.56. The van der Waals surface area contributed by atoms with Crippen LogP contribution in [0.4, 0.5) is 16.2 Å². The van der Waals surface area contributed by atoms with Crippen LogP contribution in [0, 0.1) is 18.8 Å². The molecule has 1 saturated carbocycles. The molecule has 3 aromatic carbocycles. The summed E-state index contributed by atoms with van der Waals surface area (Å²) in [6.45, 7) is 4.02. The molecule has 10 heteroatoms. The highest BCUT2D eigenvalue weighted by atomic mass is 16.5. The van der Waals surface area contributed by atoms with Crippen molar-refractivity contribution in [3.05, 3.63) is 83.4 Å². The monoisotopic (exact) mass is 610 g/mol. The normalized spacial score (nSPS) is 23.2. The Morgan fingerprint density at radius 2 is 1.58 bits per heavy atom. The average Bonchev–Trinajstić information content (AvgIpc) is 3.87. The second-order valence-corrected chi connectivity index (χ2v) is 12.2. The molecular weight excluding hydrogens is 572 g/mol. The number of amides is 5. The van der Waals surface area contributed by atoms with Gasteiger partial charge in [-0.3, -0.25) is 14.4 Å². The molecule has 3 aliphatic rings. The third kappa shape index (κ3) is 5.61. The summed E-state index contributed by atoms with van der Waals surface area (Å²) in [6, 6.07) is 19.3. The van der Waals surface area contributed by atoms with Crippen LogP contribution in [0.15, 0.2) is 66.7 Å². The van der Waals surface area contributed by atoms with Gasteiger partial charge in [-0.1, -0.05) is 35.9 Å². The number of nitrogens with zero attached hydrogens (tertiary/aromatic N) is 2. The number of benzene rings is 3. The van der Waals surface area contributed by atoms with Gasteiger partial charge in [0.1, 0.15) is 5.54 Å². The number of anilines is 2. The number of aryl methyl sites for hydroxylation is 1. The van der Waals surface area contributed by atoms with Gasteiger partial charge in [-0.25, -0.2) is 9.69 Å². The van der Waals surface area contributed by atoms with Gasteiger partial charge in [-0.15, -0.1) is 0 Å². The first kappa shape index (κ1) is 30.2. The van der Waals surface area contributed by atoms with E-state index >= 15 is 0 Å². The molecule has 10 nitrogen and oxygen atoms in total. The Kier molecular flexibility index (Phi) is 7.99. The number of carbonyl (C=O) groups is 4. The van der Waals surface area contributed by atoms with Gasteiger partial charge >= 0.3 is 6.03 Å². The molecule has 5 amide bonds. The van der Waals surface area contributed by atoms with E-state index < -0.39 is 23.5 Å². The van der Waals surface area contributed by atoms with Crippen molar-refractivity contribution < 1.29 is 28.7 Å². The van der Waals surface area contributed by atoms with Crippen molar-refractivity contribution in [3.8, 4) is 11.5 Å². The SMILES string of the molecule is COc1ccc(C2C(C(=O)NCc3ccc(N4C(=O)NC(C)(C5CC5)C4=O)cc3)CCC(=O)N2c2ccc(C)cc2)cc1OC. The molecule has 0 bridgehead atoms. The highest BCUT2D eigenvalue weighted by molar-refractivity contribution is 6.23. The van der Waals surface area contributed by atoms with Gasteiger partial charge in [0.25, 0.3) is 5.91 Å². The Balaban J connectivity index is 1.22. The molecule has 0 radical (unpaired) electrons. The van der Waals surface area contributed by atoms with E-state index in [0.29, 0.717) is 23.6 Å². The fourth-order valence-electron chi connectivity index (χ4n) is 6.51. The second-order valence-electron chi connectivity index (χ2n) is 12.2. The van der Waals surface area contributed by atoms with E-state index in [0.717, 1.165) is 35.2 Å². The van der Waals surface area contributed by atoms with Crippen molar-refractivity contribution in [2.24, 2.45) is 11.8 Å². The van der Waals surface area contributed by atoms with Gasteiger partial charge in [-0.05, 0) is 86.6 Å². The van der Waals surface area contributed by atoms with E-state index in [1.165, 1.54) is 4.90 Å². The molecule has 2 saturated heterocycles. The minimum absolute atomic E-state index is 0.0587. The van der Waals surface area contributed by atoms with Crippen molar-refractivity contribution in [2.75, 3.05) is 24.0 Å². The number of rotatable bonds is 9. The minimum Gasteiger partial charge on any atom is -0.493 e. The van der Waals surface area contributed by atoms with Crippen molar-refractivity contribution >= 4 is 35.1 Å². The Hall–Kier alpha value is -4.86. The van der Waals surface area contributed by atoms with E-state index in [-0.39, 0.29) is 36.6 Å². The summed E-state index contributed by atoms with van der Waals surface area (Å²) in [5.41, 5.74) is 2.99. The van der Waals surface area contributed by atoms with E-state index in [9.17, 15) is 19.2 Å². The Labute approximate surface area is 262 Å². The van der Waals surface area contributed by atoms with Gasteiger partial charge in [0.15, 0.2) is 11.5 Å². The summed E-state index contributed by atoms with van der Waals surface area (Å²) in [6.07, 6.45) is 2.48. The molecule has 45 heavy (non-hydrogen) atoms. The molecule has 3 aromatic rings. The lowest BCUT2D eigenvalue weighted by atomic mass is 9.83. The Morgan fingerprint density at radius 1 is 0.911 bits per heavy atom. The maximum Gasteiger partial charge on any atom is 0.329 e. The van der Waals surface area contributed by atoms with Gasteiger partial charge in [0, 0.05) is 18.7 Å². The Morgan fingerprint density at radius 3 is 2.22 bits per heavy atom. The number of urea groups is 1. The lowest BCUT2D eigenvalue weighted by Crippen LogP contribution is -2.48. The lowest BCUT2D eigenvalue weighted by molar-refractivity contribution is -0.129. The molecule has 3 atom stereocenters. The first-order valence-corrected chi connectivity index (χ1v) is 15.3. The average molecular weight is 611 g/mol. The van der Waals surface area contributed by atoms with Gasteiger partial charge in [0.2, 0.25) is 11.8 Å². The van der Waals surface area contributed by atoms with Crippen molar-refractivity contribution in [3.63, 3.8) is 0 Å². The fraction of sp³-hybridized carbons (Fsp3) is 0.371. The maximum atomic E-state index is 13.9. The summed E-state index contributed by atoms with van der Waals surface area (Å²) in [4.78, 5) is 56.0. The third-order valence-electron chi connectivity index (χ3n) is 9.27. The molecule has 0 aromatic heterocycles. The molecule has 6 rings (SSSR count). The van der Waals surface area contributed by atoms with Crippen molar-refractivity contribution in [1.82, 2.24) is 10.6 Å². The Bertz CT molecular complexity index is 1630. The lowest BCUT2D eigenvalue weighted by Gasteiger charge is -2.41.